The summed E-state index contributed by atoms with van der Waals surface area (Å²) >= 11 is 3.60. The van der Waals surface area contributed by atoms with Gasteiger partial charge >= 0.3 is 0 Å². The highest BCUT2D eigenvalue weighted by Crippen LogP contribution is 2.58. The number of halogens is 1. The summed E-state index contributed by atoms with van der Waals surface area (Å²) in [6, 6.07) is 20.9. The van der Waals surface area contributed by atoms with Crippen molar-refractivity contribution in [2.45, 2.75) is 88.4 Å². The Hall–Kier alpha value is -1.45. The van der Waals surface area contributed by atoms with Crippen LogP contribution in [-0.4, -0.2) is 22.3 Å². The minimum atomic E-state index is 0.00673. The molecule has 2 aromatic rings. The van der Waals surface area contributed by atoms with E-state index in [4.69, 9.17) is 4.99 Å². The SMILES string of the molecule is Brc1ccc(C2=NC3(CCCCCCCCCCC3)N3[C@H]2[C@H]3c2ccccc2)cc1. The molecular weight excluding hydrogens is 432 g/mol. The zero-order valence-corrected chi connectivity index (χ0v) is 19.5. The molecule has 3 atom stereocenters. The maximum Gasteiger partial charge on any atom is 0.114 e. The van der Waals surface area contributed by atoms with Gasteiger partial charge in [0.05, 0.1) is 17.8 Å². The lowest BCUT2D eigenvalue weighted by molar-refractivity contribution is 0.182. The Kier molecular flexibility index (Phi) is 6.11. The zero-order valence-electron chi connectivity index (χ0n) is 17.9. The molecule has 1 aliphatic carbocycles. The molecule has 3 aliphatic rings. The molecule has 2 nitrogen and oxygen atoms in total. The molecule has 2 fully saturated rings. The largest absolute Gasteiger partial charge is 0.265 e. The van der Waals surface area contributed by atoms with Gasteiger partial charge in [-0.3, -0.25) is 9.89 Å². The summed E-state index contributed by atoms with van der Waals surface area (Å²) in [4.78, 5) is 8.31. The Bertz CT molecular complexity index is 861. The van der Waals surface area contributed by atoms with Crippen molar-refractivity contribution in [3.8, 4) is 0 Å². The van der Waals surface area contributed by atoms with Gasteiger partial charge in [0.25, 0.3) is 0 Å². The lowest BCUT2D eigenvalue weighted by Gasteiger charge is -2.31. The normalized spacial score (nSPS) is 28.8. The van der Waals surface area contributed by atoms with Crippen molar-refractivity contribution < 1.29 is 0 Å². The Morgan fingerprint density at radius 1 is 0.700 bits per heavy atom. The smallest absolute Gasteiger partial charge is 0.114 e. The van der Waals surface area contributed by atoms with Gasteiger partial charge in [0.1, 0.15) is 5.66 Å². The standard InChI is InChI=1S/C27H33BrN2/c28-23-17-15-21(16-18-23)24-26-25(22-13-9-8-10-14-22)30(26)27(29-24)19-11-6-4-2-1-3-5-7-12-20-27/h8-10,13-18,25-26H,1-7,11-12,19-20H2/t25-,26-,30?/m1/s1. The van der Waals surface area contributed by atoms with E-state index in [2.05, 4.69) is 75.4 Å². The van der Waals surface area contributed by atoms with Gasteiger partial charge in [-0.05, 0) is 48.9 Å². The Labute approximate surface area is 189 Å². The van der Waals surface area contributed by atoms with Crippen LogP contribution in [0.4, 0.5) is 0 Å². The maximum absolute atomic E-state index is 5.54. The number of hydrogen-bond acceptors (Lipinski definition) is 2. The van der Waals surface area contributed by atoms with Gasteiger partial charge in [-0.15, -0.1) is 0 Å². The number of hydrogen-bond donors (Lipinski definition) is 0. The summed E-state index contributed by atoms with van der Waals surface area (Å²) in [7, 11) is 0. The highest BCUT2D eigenvalue weighted by molar-refractivity contribution is 9.10. The molecule has 1 saturated heterocycles. The lowest BCUT2D eigenvalue weighted by Crippen LogP contribution is -2.34. The third-order valence-electron chi connectivity index (χ3n) is 7.33. The monoisotopic (exact) mass is 464 g/mol. The number of rotatable bonds is 2. The minimum Gasteiger partial charge on any atom is -0.265 e. The van der Waals surface area contributed by atoms with E-state index in [0.717, 1.165) is 4.47 Å². The molecule has 0 radical (unpaired) electrons. The van der Waals surface area contributed by atoms with Crippen LogP contribution in [0.25, 0.3) is 0 Å². The van der Waals surface area contributed by atoms with E-state index in [1.165, 1.54) is 87.5 Å². The number of benzene rings is 2. The van der Waals surface area contributed by atoms with Crippen molar-refractivity contribution in [3.63, 3.8) is 0 Å². The Balaban J connectivity index is 1.48. The maximum atomic E-state index is 5.54. The van der Waals surface area contributed by atoms with E-state index in [1.807, 2.05) is 0 Å². The van der Waals surface area contributed by atoms with Crippen molar-refractivity contribution in [2.24, 2.45) is 4.99 Å². The molecule has 2 heterocycles. The van der Waals surface area contributed by atoms with Crippen LogP contribution in [0.15, 0.2) is 64.1 Å². The molecular formula is C27H33BrN2. The van der Waals surface area contributed by atoms with Gasteiger partial charge < -0.3 is 0 Å². The molecule has 0 aromatic heterocycles. The van der Waals surface area contributed by atoms with Crippen LogP contribution in [0.2, 0.25) is 0 Å². The second-order valence-electron chi connectivity index (χ2n) is 9.38. The number of aliphatic imine (C=N–C) groups is 1. The van der Waals surface area contributed by atoms with Crippen molar-refractivity contribution in [3.05, 3.63) is 70.2 Å². The molecule has 0 bridgehead atoms. The molecule has 0 amide bonds. The Morgan fingerprint density at radius 2 is 1.27 bits per heavy atom. The summed E-state index contributed by atoms with van der Waals surface area (Å²) in [5, 5.41) is 0. The number of fused-ring (bicyclic) bond motifs is 2. The zero-order chi connectivity index (χ0) is 20.4. The summed E-state index contributed by atoms with van der Waals surface area (Å²) < 4.78 is 1.14. The lowest BCUT2D eigenvalue weighted by atomic mass is 9.92. The van der Waals surface area contributed by atoms with Gasteiger partial charge in [0.15, 0.2) is 0 Å². The van der Waals surface area contributed by atoms with Crippen molar-refractivity contribution >= 4 is 21.6 Å². The summed E-state index contributed by atoms with van der Waals surface area (Å²) in [6.45, 7) is 0. The van der Waals surface area contributed by atoms with E-state index >= 15 is 0 Å². The average molecular weight is 465 g/mol. The topological polar surface area (TPSA) is 15.4 Å². The highest BCUT2D eigenvalue weighted by atomic mass is 79.9. The van der Waals surface area contributed by atoms with Gasteiger partial charge in [-0.25, -0.2) is 0 Å². The first-order chi connectivity index (χ1) is 14.8. The quantitative estimate of drug-likeness (QED) is 0.415. The van der Waals surface area contributed by atoms with Crippen LogP contribution in [-0.2, 0) is 0 Å². The third kappa shape index (κ3) is 4.03. The molecule has 1 saturated carbocycles. The molecule has 0 N–H and O–H groups in total. The average Bonchev–Trinajstić information content (AvgIpc) is 3.43. The molecule has 3 heteroatoms. The first-order valence-electron chi connectivity index (χ1n) is 12.0. The van der Waals surface area contributed by atoms with E-state index < -0.39 is 0 Å². The van der Waals surface area contributed by atoms with Crippen LogP contribution < -0.4 is 0 Å². The van der Waals surface area contributed by atoms with Crippen LogP contribution >= 0.6 is 15.9 Å². The molecule has 2 aliphatic heterocycles. The van der Waals surface area contributed by atoms with Crippen LogP contribution in [0.3, 0.4) is 0 Å². The van der Waals surface area contributed by atoms with E-state index in [-0.39, 0.29) is 5.66 Å². The number of nitrogens with zero attached hydrogens (tertiary/aromatic N) is 2. The molecule has 1 spiro atoms. The first kappa shape index (κ1) is 20.5. The molecule has 30 heavy (non-hydrogen) atoms. The van der Waals surface area contributed by atoms with Crippen LogP contribution in [0.1, 0.15) is 87.8 Å². The summed E-state index contributed by atoms with van der Waals surface area (Å²) in [5.74, 6) is 0. The van der Waals surface area contributed by atoms with Gasteiger partial charge in [0.2, 0.25) is 0 Å². The fraction of sp³-hybridized carbons (Fsp3) is 0.519. The van der Waals surface area contributed by atoms with E-state index in [1.54, 1.807) is 0 Å². The van der Waals surface area contributed by atoms with Crippen molar-refractivity contribution in [1.29, 1.82) is 0 Å². The van der Waals surface area contributed by atoms with Gasteiger partial charge in [-0.1, -0.05) is 103 Å². The summed E-state index contributed by atoms with van der Waals surface area (Å²) in [5.41, 5.74) is 4.09. The predicted octanol–water partition coefficient (Wildman–Crippen LogP) is 7.68. The van der Waals surface area contributed by atoms with Gasteiger partial charge in [-0.2, -0.15) is 0 Å². The van der Waals surface area contributed by atoms with Gasteiger partial charge in [0, 0.05) is 4.47 Å². The fourth-order valence-corrected chi connectivity index (χ4v) is 6.04. The van der Waals surface area contributed by atoms with Crippen molar-refractivity contribution in [1.82, 2.24) is 4.90 Å². The highest BCUT2D eigenvalue weighted by Gasteiger charge is 2.64. The second-order valence-corrected chi connectivity index (χ2v) is 10.3. The predicted molar refractivity (Wildman–Crippen MR) is 129 cm³/mol. The minimum absolute atomic E-state index is 0.00673. The van der Waals surface area contributed by atoms with E-state index in [9.17, 15) is 0 Å². The third-order valence-corrected chi connectivity index (χ3v) is 7.86. The van der Waals surface area contributed by atoms with E-state index in [0.29, 0.717) is 12.1 Å². The molecule has 5 rings (SSSR count). The van der Waals surface area contributed by atoms with Crippen molar-refractivity contribution in [2.75, 3.05) is 0 Å². The van der Waals surface area contributed by atoms with Crippen LogP contribution in [0, 0.1) is 0 Å². The first-order valence-corrected chi connectivity index (χ1v) is 12.8. The molecule has 2 aromatic carbocycles. The summed E-state index contributed by atoms with van der Waals surface area (Å²) in [6.07, 6.45) is 14.8. The molecule has 1 unspecified atom stereocenters. The molecule has 158 valence electrons. The van der Waals surface area contributed by atoms with Crippen LogP contribution in [0.5, 0.6) is 0 Å². The second kappa shape index (κ2) is 8.96. The Morgan fingerprint density at radius 3 is 1.87 bits per heavy atom. The fourth-order valence-electron chi connectivity index (χ4n) is 5.78.